The standard InChI is InChI=1S/C14H20N2O3/c1-19-13-11(5-4-8-15-13)10-16-12(17)9-14(18)6-2-3-7-14/h4-5,8,18H,2-3,6-7,9-10H2,1H3,(H,16,17). The molecule has 1 aromatic rings. The van der Waals surface area contributed by atoms with Gasteiger partial charge in [0.1, 0.15) is 0 Å². The first-order chi connectivity index (χ1) is 9.13. The number of nitrogens with one attached hydrogen (secondary N) is 1. The topological polar surface area (TPSA) is 71.5 Å². The molecule has 0 aromatic carbocycles. The van der Waals surface area contributed by atoms with E-state index in [-0.39, 0.29) is 12.3 Å². The van der Waals surface area contributed by atoms with Crippen molar-refractivity contribution in [3.05, 3.63) is 23.9 Å². The van der Waals surface area contributed by atoms with E-state index >= 15 is 0 Å². The van der Waals surface area contributed by atoms with Crippen molar-refractivity contribution in [3.8, 4) is 5.88 Å². The van der Waals surface area contributed by atoms with Gasteiger partial charge in [-0.3, -0.25) is 4.79 Å². The molecule has 5 heteroatoms. The van der Waals surface area contributed by atoms with E-state index in [2.05, 4.69) is 10.3 Å². The smallest absolute Gasteiger partial charge is 0.223 e. The van der Waals surface area contributed by atoms with Crippen molar-refractivity contribution in [2.24, 2.45) is 0 Å². The Morgan fingerprint density at radius 2 is 2.26 bits per heavy atom. The summed E-state index contributed by atoms with van der Waals surface area (Å²) >= 11 is 0. The summed E-state index contributed by atoms with van der Waals surface area (Å²) < 4.78 is 5.12. The van der Waals surface area contributed by atoms with Crippen molar-refractivity contribution < 1.29 is 14.6 Å². The van der Waals surface area contributed by atoms with Crippen LogP contribution in [0.5, 0.6) is 5.88 Å². The zero-order valence-corrected chi connectivity index (χ0v) is 11.2. The molecular formula is C14H20N2O3. The number of carbonyl (C=O) groups is 1. The lowest BCUT2D eigenvalue weighted by atomic mass is 9.98. The van der Waals surface area contributed by atoms with Crippen LogP contribution in [0, 0.1) is 0 Å². The van der Waals surface area contributed by atoms with E-state index in [9.17, 15) is 9.90 Å². The first-order valence-corrected chi connectivity index (χ1v) is 6.60. The van der Waals surface area contributed by atoms with Crippen LogP contribution >= 0.6 is 0 Å². The van der Waals surface area contributed by atoms with Crippen LogP contribution in [0.15, 0.2) is 18.3 Å². The maximum Gasteiger partial charge on any atom is 0.223 e. The van der Waals surface area contributed by atoms with Crippen LogP contribution in [0.4, 0.5) is 0 Å². The highest BCUT2D eigenvalue weighted by molar-refractivity contribution is 5.77. The molecule has 1 aromatic heterocycles. The Labute approximate surface area is 113 Å². The second-order valence-corrected chi connectivity index (χ2v) is 5.06. The third kappa shape index (κ3) is 3.67. The maximum atomic E-state index is 11.8. The minimum atomic E-state index is -0.802. The van der Waals surface area contributed by atoms with E-state index in [0.29, 0.717) is 12.4 Å². The Morgan fingerprint density at radius 1 is 1.53 bits per heavy atom. The number of ether oxygens (including phenoxy) is 1. The Hall–Kier alpha value is -1.62. The molecule has 1 amide bonds. The SMILES string of the molecule is COc1ncccc1CNC(=O)CC1(O)CCCC1. The summed E-state index contributed by atoms with van der Waals surface area (Å²) in [6, 6.07) is 3.66. The van der Waals surface area contributed by atoms with Crippen molar-refractivity contribution in [1.29, 1.82) is 0 Å². The molecule has 0 saturated heterocycles. The molecule has 1 saturated carbocycles. The van der Waals surface area contributed by atoms with Gasteiger partial charge in [-0.15, -0.1) is 0 Å². The summed E-state index contributed by atoms with van der Waals surface area (Å²) in [6.45, 7) is 0.367. The van der Waals surface area contributed by atoms with E-state index in [1.54, 1.807) is 19.4 Å². The number of pyridine rings is 1. The van der Waals surface area contributed by atoms with E-state index in [4.69, 9.17) is 4.74 Å². The van der Waals surface area contributed by atoms with Crippen LogP contribution in [0.3, 0.4) is 0 Å². The highest BCUT2D eigenvalue weighted by atomic mass is 16.5. The van der Waals surface area contributed by atoms with Gasteiger partial charge in [-0.1, -0.05) is 18.9 Å². The van der Waals surface area contributed by atoms with Crippen molar-refractivity contribution in [3.63, 3.8) is 0 Å². The van der Waals surface area contributed by atoms with E-state index in [1.807, 2.05) is 6.07 Å². The lowest BCUT2D eigenvalue weighted by Crippen LogP contribution is -2.34. The highest BCUT2D eigenvalue weighted by Crippen LogP contribution is 2.32. The number of carbonyl (C=O) groups excluding carboxylic acids is 1. The van der Waals surface area contributed by atoms with E-state index < -0.39 is 5.60 Å². The monoisotopic (exact) mass is 264 g/mol. The number of hydrogen-bond acceptors (Lipinski definition) is 4. The van der Waals surface area contributed by atoms with E-state index in [1.165, 1.54) is 0 Å². The molecule has 104 valence electrons. The highest BCUT2D eigenvalue weighted by Gasteiger charge is 2.33. The van der Waals surface area contributed by atoms with Gasteiger partial charge in [-0.2, -0.15) is 0 Å². The molecule has 1 heterocycles. The second-order valence-electron chi connectivity index (χ2n) is 5.06. The molecule has 5 nitrogen and oxygen atoms in total. The molecular weight excluding hydrogens is 244 g/mol. The molecule has 1 aliphatic rings. The molecule has 0 bridgehead atoms. The predicted octanol–water partition coefficient (Wildman–Crippen LogP) is 1.40. The van der Waals surface area contributed by atoms with Gasteiger partial charge in [-0.05, 0) is 18.9 Å². The van der Waals surface area contributed by atoms with Crippen LogP contribution in [0.1, 0.15) is 37.7 Å². The minimum Gasteiger partial charge on any atom is -0.481 e. The van der Waals surface area contributed by atoms with Gasteiger partial charge >= 0.3 is 0 Å². The fourth-order valence-corrected chi connectivity index (χ4v) is 2.51. The Bertz CT molecular complexity index is 442. The number of hydrogen-bond donors (Lipinski definition) is 2. The van der Waals surface area contributed by atoms with Gasteiger partial charge in [0.25, 0.3) is 0 Å². The largest absolute Gasteiger partial charge is 0.481 e. The number of rotatable bonds is 5. The fourth-order valence-electron chi connectivity index (χ4n) is 2.51. The van der Waals surface area contributed by atoms with Crippen LogP contribution in [0.2, 0.25) is 0 Å². The number of methoxy groups -OCH3 is 1. The van der Waals surface area contributed by atoms with Gasteiger partial charge in [-0.25, -0.2) is 4.98 Å². The van der Waals surface area contributed by atoms with Crippen molar-refractivity contribution >= 4 is 5.91 Å². The Morgan fingerprint density at radius 3 is 2.95 bits per heavy atom. The summed E-state index contributed by atoms with van der Waals surface area (Å²) in [5.41, 5.74) is 0.0279. The quantitative estimate of drug-likeness (QED) is 0.843. The fraction of sp³-hybridized carbons (Fsp3) is 0.571. The molecule has 0 spiro atoms. The van der Waals surface area contributed by atoms with Crippen LogP contribution < -0.4 is 10.1 Å². The third-order valence-electron chi connectivity index (χ3n) is 3.54. The zero-order chi connectivity index (χ0) is 13.7. The van der Waals surface area contributed by atoms with E-state index in [0.717, 1.165) is 31.2 Å². The summed E-state index contributed by atoms with van der Waals surface area (Å²) in [5.74, 6) is 0.387. The molecule has 2 N–H and O–H groups in total. The third-order valence-corrected chi connectivity index (χ3v) is 3.54. The molecule has 19 heavy (non-hydrogen) atoms. The number of nitrogens with zero attached hydrogens (tertiary/aromatic N) is 1. The Kier molecular flexibility index (Phi) is 4.37. The van der Waals surface area contributed by atoms with Gasteiger partial charge in [0.15, 0.2) is 0 Å². The van der Waals surface area contributed by atoms with Crippen LogP contribution in [-0.2, 0) is 11.3 Å². The summed E-state index contributed by atoms with van der Waals surface area (Å²) in [5, 5.41) is 13.0. The van der Waals surface area contributed by atoms with Crippen molar-refractivity contribution in [2.45, 2.75) is 44.2 Å². The lowest BCUT2D eigenvalue weighted by Gasteiger charge is -2.21. The number of aromatic nitrogens is 1. The molecule has 0 unspecified atom stereocenters. The Balaban J connectivity index is 1.86. The maximum absolute atomic E-state index is 11.8. The van der Waals surface area contributed by atoms with Gasteiger partial charge in [0, 0.05) is 18.3 Å². The molecule has 0 radical (unpaired) electrons. The average Bonchev–Trinajstić information content (AvgIpc) is 2.83. The molecule has 1 fully saturated rings. The van der Waals surface area contributed by atoms with Gasteiger partial charge in [0.2, 0.25) is 11.8 Å². The number of amides is 1. The summed E-state index contributed by atoms with van der Waals surface area (Å²) in [6.07, 6.45) is 5.26. The summed E-state index contributed by atoms with van der Waals surface area (Å²) in [7, 11) is 1.55. The average molecular weight is 264 g/mol. The normalized spacial score (nSPS) is 17.2. The first kappa shape index (κ1) is 13.8. The van der Waals surface area contributed by atoms with Crippen molar-refractivity contribution in [1.82, 2.24) is 10.3 Å². The minimum absolute atomic E-state index is 0.129. The molecule has 0 aliphatic heterocycles. The lowest BCUT2D eigenvalue weighted by molar-refractivity contribution is -0.126. The zero-order valence-electron chi connectivity index (χ0n) is 11.2. The molecule has 0 atom stereocenters. The summed E-state index contributed by atoms with van der Waals surface area (Å²) in [4.78, 5) is 15.9. The first-order valence-electron chi connectivity index (χ1n) is 6.60. The van der Waals surface area contributed by atoms with Crippen LogP contribution in [0.25, 0.3) is 0 Å². The molecule has 2 rings (SSSR count). The van der Waals surface area contributed by atoms with Gasteiger partial charge in [0.05, 0.1) is 19.1 Å². The van der Waals surface area contributed by atoms with Crippen LogP contribution in [-0.4, -0.2) is 28.7 Å². The second kappa shape index (κ2) is 6.02. The molecule has 1 aliphatic carbocycles. The van der Waals surface area contributed by atoms with Gasteiger partial charge < -0.3 is 15.2 Å². The van der Waals surface area contributed by atoms with Crippen molar-refractivity contribution in [2.75, 3.05) is 7.11 Å². The number of aliphatic hydroxyl groups is 1. The predicted molar refractivity (Wildman–Crippen MR) is 70.7 cm³/mol.